The third-order valence-electron chi connectivity index (χ3n) is 5.13. The van der Waals surface area contributed by atoms with E-state index in [1.54, 1.807) is 18.8 Å². The molecular formula is C21H41ClSn. The Hall–Kier alpha value is 0.569. The van der Waals surface area contributed by atoms with E-state index >= 15 is 0 Å². The van der Waals surface area contributed by atoms with Gasteiger partial charge in [-0.25, -0.2) is 0 Å². The molecule has 0 heterocycles. The molecule has 0 saturated carbocycles. The summed E-state index contributed by atoms with van der Waals surface area (Å²) in [6.07, 6.45) is 18.4. The first-order valence-electron chi connectivity index (χ1n) is 10.2. The average molecular weight is 448 g/mol. The molecule has 0 rings (SSSR count). The van der Waals surface area contributed by atoms with Crippen LogP contribution in [-0.4, -0.2) is 18.4 Å². The van der Waals surface area contributed by atoms with Gasteiger partial charge in [0.1, 0.15) is 0 Å². The average Bonchev–Trinajstić information content (AvgIpc) is 2.58. The van der Waals surface area contributed by atoms with E-state index < -0.39 is 18.4 Å². The third-order valence-corrected chi connectivity index (χ3v) is 21.6. The van der Waals surface area contributed by atoms with Crippen LogP contribution in [0.3, 0.4) is 0 Å². The van der Waals surface area contributed by atoms with Gasteiger partial charge in [-0.1, -0.05) is 0 Å². The Balaban J connectivity index is 5.41. The van der Waals surface area contributed by atoms with Crippen molar-refractivity contribution < 1.29 is 0 Å². The first-order chi connectivity index (χ1) is 11.2. The third kappa shape index (κ3) is 10.2. The van der Waals surface area contributed by atoms with E-state index in [-0.39, 0.29) is 0 Å². The molecule has 0 aliphatic rings. The monoisotopic (exact) mass is 448 g/mol. The van der Waals surface area contributed by atoms with Gasteiger partial charge in [-0.3, -0.25) is 0 Å². The van der Waals surface area contributed by atoms with Crippen molar-refractivity contribution in [3.8, 4) is 0 Å². The molecule has 0 aliphatic heterocycles. The number of rotatable bonds is 15. The fourth-order valence-corrected chi connectivity index (χ4v) is 20.7. The molecule has 0 aromatic heterocycles. The number of hydrogen-bond acceptors (Lipinski definition) is 0. The van der Waals surface area contributed by atoms with Gasteiger partial charge in [-0.15, -0.1) is 0 Å². The molecule has 23 heavy (non-hydrogen) atoms. The van der Waals surface area contributed by atoms with Crippen LogP contribution in [0.4, 0.5) is 0 Å². The van der Waals surface area contributed by atoms with Crippen LogP contribution in [0.1, 0.15) is 91.9 Å². The Kier molecular flexibility index (Phi) is 16.5. The van der Waals surface area contributed by atoms with Crippen LogP contribution >= 0.6 is 11.6 Å². The fraction of sp³-hybridized carbons (Fsp3) is 0.810. The van der Waals surface area contributed by atoms with Crippen LogP contribution < -0.4 is 0 Å². The van der Waals surface area contributed by atoms with Gasteiger partial charge in [-0.2, -0.15) is 0 Å². The summed E-state index contributed by atoms with van der Waals surface area (Å²) in [4.78, 5) is 0. The van der Waals surface area contributed by atoms with Crippen LogP contribution in [0.25, 0.3) is 0 Å². The summed E-state index contributed by atoms with van der Waals surface area (Å²) in [6.45, 7) is 9.38. The molecule has 0 radical (unpaired) electrons. The molecule has 0 saturated heterocycles. The van der Waals surface area contributed by atoms with Gasteiger partial charge in [0.2, 0.25) is 0 Å². The minimum atomic E-state index is -2.22. The van der Waals surface area contributed by atoms with E-state index in [9.17, 15) is 0 Å². The van der Waals surface area contributed by atoms with Crippen molar-refractivity contribution in [2.24, 2.45) is 0 Å². The quantitative estimate of drug-likeness (QED) is 0.134. The molecule has 2 heteroatoms. The Morgan fingerprint density at radius 1 is 0.739 bits per heavy atom. The van der Waals surface area contributed by atoms with Gasteiger partial charge in [0.15, 0.2) is 0 Å². The van der Waals surface area contributed by atoms with Crippen molar-refractivity contribution in [2.45, 2.75) is 105 Å². The molecule has 0 bridgehead atoms. The van der Waals surface area contributed by atoms with Crippen LogP contribution in [-0.2, 0) is 0 Å². The maximum absolute atomic E-state index is 5.87. The zero-order valence-corrected chi connectivity index (χ0v) is 19.9. The fourth-order valence-electron chi connectivity index (χ4n) is 3.65. The van der Waals surface area contributed by atoms with Crippen molar-refractivity contribution in [1.82, 2.24) is 0 Å². The molecule has 0 unspecified atom stereocenters. The van der Waals surface area contributed by atoms with Gasteiger partial charge >= 0.3 is 156 Å². The maximum atomic E-state index is 5.87. The Labute approximate surface area is 156 Å². The molecule has 0 atom stereocenters. The summed E-state index contributed by atoms with van der Waals surface area (Å²) >= 11 is 3.65. The van der Waals surface area contributed by atoms with E-state index in [1.807, 2.05) is 3.59 Å². The number of allylic oxidation sites excluding steroid dienone is 3. The molecule has 0 aromatic carbocycles. The van der Waals surface area contributed by atoms with Crippen molar-refractivity contribution in [3.05, 3.63) is 21.3 Å². The molecular weight excluding hydrogens is 406 g/mol. The van der Waals surface area contributed by atoms with Gasteiger partial charge in [0.25, 0.3) is 0 Å². The molecule has 0 amide bonds. The van der Waals surface area contributed by atoms with Crippen molar-refractivity contribution in [2.75, 3.05) is 0 Å². The van der Waals surface area contributed by atoms with Crippen LogP contribution in [0.5, 0.6) is 0 Å². The van der Waals surface area contributed by atoms with E-state index in [0.717, 1.165) is 0 Å². The predicted octanol–water partition coefficient (Wildman–Crippen LogP) is 8.63. The van der Waals surface area contributed by atoms with E-state index in [2.05, 4.69) is 39.8 Å². The van der Waals surface area contributed by atoms with Crippen LogP contribution in [0.15, 0.2) is 21.3 Å². The second kappa shape index (κ2) is 16.1. The van der Waals surface area contributed by atoms with Crippen LogP contribution in [0, 0.1) is 0 Å². The van der Waals surface area contributed by atoms with E-state index in [0.29, 0.717) is 0 Å². The Morgan fingerprint density at radius 3 is 1.61 bits per heavy atom. The summed E-state index contributed by atoms with van der Waals surface area (Å²) < 4.78 is 6.60. The normalized spacial score (nSPS) is 13.2. The van der Waals surface area contributed by atoms with Gasteiger partial charge in [0.05, 0.1) is 0 Å². The zero-order chi connectivity index (χ0) is 17.4. The number of unbranched alkanes of at least 4 members (excludes halogenated alkanes) is 5. The molecule has 0 N–H and O–H groups in total. The van der Waals surface area contributed by atoms with E-state index in [4.69, 9.17) is 11.6 Å². The number of halogens is 1. The van der Waals surface area contributed by atoms with Gasteiger partial charge in [-0.05, 0) is 0 Å². The summed E-state index contributed by atoms with van der Waals surface area (Å²) in [7, 11) is 0. The summed E-state index contributed by atoms with van der Waals surface area (Å²) in [6, 6.07) is 0. The topological polar surface area (TPSA) is 0 Å². The predicted molar refractivity (Wildman–Crippen MR) is 112 cm³/mol. The molecule has 0 spiro atoms. The SMILES string of the molecule is CCCCC/[C](=C\C=C/Cl)[Sn]([CH2]CCC)([CH2]CCC)[CH2]CCC. The first-order valence-corrected chi connectivity index (χ1v) is 18.1. The number of hydrogen-bond donors (Lipinski definition) is 0. The Bertz CT molecular complexity index is 298. The summed E-state index contributed by atoms with van der Waals surface area (Å²) in [5.41, 5.74) is 1.70. The molecule has 0 fully saturated rings. The van der Waals surface area contributed by atoms with Crippen LogP contribution in [0.2, 0.25) is 13.3 Å². The molecule has 0 aliphatic carbocycles. The van der Waals surface area contributed by atoms with Gasteiger partial charge in [0, 0.05) is 0 Å². The van der Waals surface area contributed by atoms with Crippen molar-refractivity contribution in [3.63, 3.8) is 0 Å². The molecule has 0 aromatic rings. The second-order valence-corrected chi connectivity index (χ2v) is 20.7. The zero-order valence-electron chi connectivity index (χ0n) is 16.3. The summed E-state index contributed by atoms with van der Waals surface area (Å²) in [5.74, 6) is 0. The second-order valence-electron chi connectivity index (χ2n) is 7.06. The summed E-state index contributed by atoms with van der Waals surface area (Å²) in [5, 5.41) is 0. The van der Waals surface area contributed by atoms with E-state index in [1.165, 1.54) is 64.2 Å². The first kappa shape index (κ1) is 23.6. The molecule has 0 nitrogen and oxygen atoms in total. The van der Waals surface area contributed by atoms with Crippen molar-refractivity contribution >= 4 is 30.0 Å². The Morgan fingerprint density at radius 2 is 1.22 bits per heavy atom. The van der Waals surface area contributed by atoms with Gasteiger partial charge < -0.3 is 0 Å². The molecule has 136 valence electrons. The standard InChI is InChI=1S/C9H14Cl.3C4H9.Sn/c1-2-3-4-5-6-7-8-9-10;3*1-3-4-2;/h7-9H,2-5H2,1H3;3*1,3-4H2,2H3;/b7-6?,9-8-;;;;. The van der Waals surface area contributed by atoms with Crippen molar-refractivity contribution in [1.29, 1.82) is 0 Å². The minimum absolute atomic E-state index is 1.32.